The molecule has 18 heavy (non-hydrogen) atoms. The highest BCUT2D eigenvalue weighted by molar-refractivity contribution is 5.56. The minimum atomic E-state index is 0.214. The summed E-state index contributed by atoms with van der Waals surface area (Å²) in [7, 11) is 1.46. The monoisotopic (exact) mass is 242 g/mol. The molecule has 6 nitrogen and oxygen atoms in total. The summed E-state index contributed by atoms with van der Waals surface area (Å²) >= 11 is 0. The van der Waals surface area contributed by atoms with Crippen LogP contribution in [0.15, 0.2) is 30.6 Å². The van der Waals surface area contributed by atoms with Gasteiger partial charge in [0.1, 0.15) is 12.1 Å². The molecule has 0 radical (unpaired) electrons. The van der Waals surface area contributed by atoms with Gasteiger partial charge in [0.15, 0.2) is 5.69 Å². The zero-order valence-corrected chi connectivity index (χ0v) is 9.62. The lowest BCUT2D eigenvalue weighted by atomic mass is 10.2. The number of methoxy groups -OCH3 is 1. The van der Waals surface area contributed by atoms with E-state index in [1.807, 2.05) is 6.07 Å². The minimum absolute atomic E-state index is 0.214. The van der Waals surface area contributed by atoms with Gasteiger partial charge >= 0.3 is 0 Å². The Morgan fingerprint density at radius 3 is 2.44 bits per heavy atom. The molecular weight excluding hydrogens is 232 g/mol. The fourth-order valence-electron chi connectivity index (χ4n) is 1.32. The molecule has 1 aromatic heterocycles. The van der Waals surface area contributed by atoms with E-state index in [2.05, 4.69) is 9.97 Å². The molecule has 0 aliphatic rings. The Balaban J connectivity index is 2.26. The van der Waals surface area contributed by atoms with E-state index in [-0.39, 0.29) is 17.4 Å². The minimum Gasteiger partial charge on any atom is -0.479 e. The number of anilines is 1. The second-order valence-corrected chi connectivity index (χ2v) is 3.34. The van der Waals surface area contributed by atoms with Gasteiger partial charge in [0.25, 0.3) is 0 Å². The first kappa shape index (κ1) is 11.7. The van der Waals surface area contributed by atoms with Crippen molar-refractivity contribution in [2.24, 2.45) is 0 Å². The van der Waals surface area contributed by atoms with Crippen molar-refractivity contribution < 1.29 is 9.47 Å². The second-order valence-electron chi connectivity index (χ2n) is 3.34. The van der Waals surface area contributed by atoms with Crippen molar-refractivity contribution in [3.05, 3.63) is 36.2 Å². The Bertz CT molecular complexity index is 590. The first-order valence-corrected chi connectivity index (χ1v) is 5.07. The summed E-state index contributed by atoms with van der Waals surface area (Å²) in [4.78, 5) is 7.77. The predicted octanol–water partition coefficient (Wildman–Crippen LogP) is 1.73. The van der Waals surface area contributed by atoms with Gasteiger partial charge in [-0.2, -0.15) is 15.2 Å². The van der Waals surface area contributed by atoms with Gasteiger partial charge in [-0.1, -0.05) is 0 Å². The smallest absolute Gasteiger partial charge is 0.249 e. The van der Waals surface area contributed by atoms with Gasteiger partial charge in [0.05, 0.1) is 18.7 Å². The highest BCUT2D eigenvalue weighted by Crippen LogP contribution is 2.30. The molecule has 2 N–H and O–H groups in total. The van der Waals surface area contributed by atoms with E-state index in [9.17, 15) is 0 Å². The van der Waals surface area contributed by atoms with Crippen LogP contribution in [0.2, 0.25) is 0 Å². The van der Waals surface area contributed by atoms with E-state index in [4.69, 9.17) is 20.5 Å². The molecule has 2 aromatic rings. The third kappa shape index (κ3) is 2.30. The lowest BCUT2D eigenvalue weighted by Gasteiger charge is -2.08. The van der Waals surface area contributed by atoms with Gasteiger partial charge in [0.2, 0.25) is 11.8 Å². The number of nitrogens with two attached hydrogens (primary N) is 1. The zero-order valence-electron chi connectivity index (χ0n) is 9.62. The van der Waals surface area contributed by atoms with E-state index < -0.39 is 0 Å². The van der Waals surface area contributed by atoms with E-state index in [1.54, 1.807) is 24.3 Å². The molecular formula is C12H10N4O2. The van der Waals surface area contributed by atoms with Crippen molar-refractivity contribution in [3.8, 4) is 23.6 Å². The molecule has 0 spiro atoms. The van der Waals surface area contributed by atoms with Crippen molar-refractivity contribution in [1.29, 1.82) is 5.26 Å². The van der Waals surface area contributed by atoms with E-state index in [1.165, 1.54) is 13.4 Å². The number of nitrogens with zero attached hydrogens (tertiary/aromatic N) is 3. The summed E-state index contributed by atoms with van der Waals surface area (Å²) in [6.07, 6.45) is 1.30. The van der Waals surface area contributed by atoms with Crippen molar-refractivity contribution in [1.82, 2.24) is 9.97 Å². The van der Waals surface area contributed by atoms with Crippen molar-refractivity contribution >= 4 is 5.69 Å². The third-order valence-corrected chi connectivity index (χ3v) is 2.20. The summed E-state index contributed by atoms with van der Waals surface area (Å²) in [5.74, 6) is 1.00. The summed E-state index contributed by atoms with van der Waals surface area (Å²) in [5.41, 5.74) is 6.55. The molecule has 0 amide bonds. The average molecular weight is 242 g/mol. The first-order valence-electron chi connectivity index (χ1n) is 5.07. The molecule has 90 valence electrons. The number of hydrogen-bond donors (Lipinski definition) is 1. The molecule has 0 bridgehead atoms. The Morgan fingerprint density at radius 2 is 1.83 bits per heavy atom. The summed E-state index contributed by atoms with van der Waals surface area (Å²) in [6, 6.07) is 8.63. The number of nitrogen functional groups attached to an aromatic ring is 1. The van der Waals surface area contributed by atoms with Crippen LogP contribution in [0.4, 0.5) is 5.69 Å². The SMILES string of the molecule is COc1ncnc(Oc2ccc(C#N)cc2)c1N. The van der Waals surface area contributed by atoms with Crippen LogP contribution >= 0.6 is 0 Å². The summed E-state index contributed by atoms with van der Waals surface area (Å²) in [5, 5.41) is 8.68. The van der Waals surface area contributed by atoms with Crippen molar-refractivity contribution in [2.45, 2.75) is 0 Å². The highest BCUT2D eigenvalue weighted by atomic mass is 16.5. The van der Waals surface area contributed by atoms with Crippen LogP contribution in [-0.2, 0) is 0 Å². The van der Waals surface area contributed by atoms with E-state index >= 15 is 0 Å². The van der Waals surface area contributed by atoms with Crippen molar-refractivity contribution in [3.63, 3.8) is 0 Å². The maximum Gasteiger partial charge on any atom is 0.249 e. The lowest BCUT2D eigenvalue weighted by Crippen LogP contribution is -2.00. The lowest BCUT2D eigenvalue weighted by molar-refractivity contribution is 0.391. The molecule has 0 fully saturated rings. The molecule has 2 rings (SSSR count). The fourth-order valence-corrected chi connectivity index (χ4v) is 1.32. The highest BCUT2D eigenvalue weighted by Gasteiger charge is 2.10. The third-order valence-electron chi connectivity index (χ3n) is 2.20. The molecule has 0 unspecified atom stereocenters. The number of hydrogen-bond acceptors (Lipinski definition) is 6. The molecule has 0 aliphatic carbocycles. The van der Waals surface area contributed by atoms with Crippen LogP contribution in [0.1, 0.15) is 5.56 Å². The topological polar surface area (TPSA) is 94.0 Å². The number of nitriles is 1. The van der Waals surface area contributed by atoms with Crippen LogP contribution in [0.25, 0.3) is 0 Å². The molecule has 1 aromatic carbocycles. The number of rotatable bonds is 3. The Morgan fingerprint density at radius 1 is 1.17 bits per heavy atom. The molecule has 0 aliphatic heterocycles. The Labute approximate surface area is 104 Å². The second kappa shape index (κ2) is 5.01. The number of ether oxygens (including phenoxy) is 2. The molecule has 6 heteroatoms. The summed E-state index contributed by atoms with van der Waals surface area (Å²) < 4.78 is 10.4. The van der Waals surface area contributed by atoms with E-state index in [0.29, 0.717) is 11.3 Å². The molecule has 0 atom stereocenters. The van der Waals surface area contributed by atoms with E-state index in [0.717, 1.165) is 0 Å². The van der Waals surface area contributed by atoms with Gasteiger partial charge in [0, 0.05) is 0 Å². The van der Waals surface area contributed by atoms with Crippen LogP contribution < -0.4 is 15.2 Å². The maximum atomic E-state index is 8.68. The van der Waals surface area contributed by atoms with Gasteiger partial charge < -0.3 is 15.2 Å². The fraction of sp³-hybridized carbons (Fsp3) is 0.0833. The van der Waals surface area contributed by atoms with Gasteiger partial charge in [-0.25, -0.2) is 0 Å². The van der Waals surface area contributed by atoms with Crippen LogP contribution in [0.5, 0.6) is 17.5 Å². The van der Waals surface area contributed by atoms with Gasteiger partial charge in [-0.15, -0.1) is 0 Å². The van der Waals surface area contributed by atoms with Crippen LogP contribution in [-0.4, -0.2) is 17.1 Å². The Hall–Kier alpha value is -2.81. The molecule has 0 saturated carbocycles. The predicted molar refractivity (Wildman–Crippen MR) is 64.2 cm³/mol. The first-order chi connectivity index (χ1) is 8.74. The van der Waals surface area contributed by atoms with Crippen molar-refractivity contribution in [2.75, 3.05) is 12.8 Å². The van der Waals surface area contributed by atoms with Crippen LogP contribution in [0.3, 0.4) is 0 Å². The zero-order chi connectivity index (χ0) is 13.0. The number of aromatic nitrogens is 2. The Kier molecular flexibility index (Phi) is 3.25. The standard InChI is InChI=1S/C12H10N4O2/c1-17-11-10(14)12(16-7-15-11)18-9-4-2-8(6-13)3-5-9/h2-5,7H,14H2,1H3. The normalized spacial score (nSPS) is 9.56. The number of benzene rings is 1. The molecule has 1 heterocycles. The van der Waals surface area contributed by atoms with Crippen LogP contribution in [0, 0.1) is 11.3 Å². The van der Waals surface area contributed by atoms with Gasteiger partial charge in [-0.05, 0) is 24.3 Å². The quantitative estimate of drug-likeness (QED) is 0.880. The maximum absolute atomic E-state index is 8.68. The molecule has 0 saturated heterocycles. The summed E-state index contributed by atoms with van der Waals surface area (Å²) in [6.45, 7) is 0. The largest absolute Gasteiger partial charge is 0.479 e. The average Bonchev–Trinajstić information content (AvgIpc) is 2.42. The van der Waals surface area contributed by atoms with Gasteiger partial charge in [-0.3, -0.25) is 0 Å².